The maximum absolute atomic E-state index is 13.1. The van der Waals surface area contributed by atoms with Crippen LogP contribution in [0.4, 0.5) is 0 Å². The van der Waals surface area contributed by atoms with Gasteiger partial charge in [0.05, 0.1) is 0 Å². The molecule has 5 rings (SSSR count). The van der Waals surface area contributed by atoms with Crippen LogP contribution >= 0.6 is 11.3 Å². The first-order valence-corrected chi connectivity index (χ1v) is 8.92. The molecule has 118 valence electrons. The van der Waals surface area contributed by atoms with Crippen molar-refractivity contribution in [1.82, 2.24) is 0 Å². The number of hydrogen-bond acceptors (Lipinski definition) is 3. The average molecular weight is 340 g/mol. The van der Waals surface area contributed by atoms with E-state index in [0.29, 0.717) is 22.3 Å². The quantitative estimate of drug-likeness (QED) is 0.412. The van der Waals surface area contributed by atoms with Gasteiger partial charge in [0.1, 0.15) is 0 Å². The Morgan fingerprint density at radius 1 is 0.640 bits per heavy atom. The van der Waals surface area contributed by atoms with E-state index in [1.807, 2.05) is 47.8 Å². The number of fused-ring (bicyclic) bond motifs is 4. The Hall–Kier alpha value is -3.04. The van der Waals surface area contributed by atoms with Crippen molar-refractivity contribution in [2.24, 2.45) is 0 Å². The molecule has 1 aromatic heterocycles. The smallest absolute Gasteiger partial charge is 0.195 e. The zero-order valence-electron chi connectivity index (χ0n) is 13.2. The van der Waals surface area contributed by atoms with Gasteiger partial charge in [-0.2, -0.15) is 0 Å². The van der Waals surface area contributed by atoms with Crippen molar-refractivity contribution in [2.75, 3.05) is 0 Å². The molecule has 1 aliphatic rings. The van der Waals surface area contributed by atoms with Gasteiger partial charge in [-0.05, 0) is 23.1 Å². The van der Waals surface area contributed by atoms with E-state index in [0.717, 1.165) is 21.2 Å². The molecule has 0 aliphatic heterocycles. The second-order valence-electron chi connectivity index (χ2n) is 6.08. The van der Waals surface area contributed by atoms with E-state index in [4.69, 9.17) is 0 Å². The fourth-order valence-electron chi connectivity index (χ4n) is 3.56. The van der Waals surface area contributed by atoms with Crippen molar-refractivity contribution < 1.29 is 9.59 Å². The normalized spacial score (nSPS) is 13.0. The summed E-state index contributed by atoms with van der Waals surface area (Å²) in [4.78, 5) is 26.1. The van der Waals surface area contributed by atoms with Gasteiger partial charge in [0, 0.05) is 37.9 Å². The molecule has 1 aliphatic carbocycles. The van der Waals surface area contributed by atoms with Crippen molar-refractivity contribution in [2.45, 2.75) is 0 Å². The maximum atomic E-state index is 13.1. The molecular weight excluding hydrogens is 328 g/mol. The van der Waals surface area contributed by atoms with Crippen LogP contribution in [-0.4, -0.2) is 11.6 Å². The third kappa shape index (κ3) is 1.96. The summed E-state index contributed by atoms with van der Waals surface area (Å²) in [5, 5.41) is 2.85. The van der Waals surface area contributed by atoms with E-state index in [1.165, 1.54) is 0 Å². The fraction of sp³-hybridized carbons (Fsp3) is 0. The maximum Gasteiger partial charge on any atom is 0.195 e. The van der Waals surface area contributed by atoms with Crippen LogP contribution in [0.3, 0.4) is 0 Å². The van der Waals surface area contributed by atoms with E-state index in [1.54, 1.807) is 35.6 Å². The first kappa shape index (κ1) is 14.3. The standard InChI is InChI=1S/C22H12O2S/c23-20-14-8-4-5-9-15(14)21(24)19-16-10-11-25-22(16)17(12-18(19)20)13-6-2-1-3-7-13/h1-12H. The lowest BCUT2D eigenvalue weighted by molar-refractivity contribution is 0.0980. The minimum Gasteiger partial charge on any atom is -0.289 e. The average Bonchev–Trinajstić information content (AvgIpc) is 3.15. The topological polar surface area (TPSA) is 34.1 Å². The number of thiophene rings is 1. The van der Waals surface area contributed by atoms with Gasteiger partial charge in [-0.15, -0.1) is 11.3 Å². The first-order chi connectivity index (χ1) is 12.3. The Labute approximate surface area is 148 Å². The van der Waals surface area contributed by atoms with Crippen LogP contribution in [0.1, 0.15) is 31.8 Å². The molecule has 0 fully saturated rings. The largest absolute Gasteiger partial charge is 0.289 e. The molecule has 3 aromatic carbocycles. The van der Waals surface area contributed by atoms with Crippen LogP contribution in [0.2, 0.25) is 0 Å². The van der Waals surface area contributed by atoms with Gasteiger partial charge < -0.3 is 0 Å². The van der Waals surface area contributed by atoms with Crippen LogP contribution in [0, 0.1) is 0 Å². The Kier molecular flexibility index (Phi) is 2.99. The fourth-order valence-corrected chi connectivity index (χ4v) is 4.50. The lowest BCUT2D eigenvalue weighted by Crippen LogP contribution is -2.21. The van der Waals surface area contributed by atoms with E-state index >= 15 is 0 Å². The highest BCUT2D eigenvalue weighted by Gasteiger charge is 2.32. The summed E-state index contributed by atoms with van der Waals surface area (Å²) in [6.45, 7) is 0. The van der Waals surface area contributed by atoms with Gasteiger partial charge in [-0.3, -0.25) is 9.59 Å². The Morgan fingerprint density at radius 2 is 1.32 bits per heavy atom. The molecule has 25 heavy (non-hydrogen) atoms. The number of carbonyl (C=O) groups is 2. The lowest BCUT2D eigenvalue weighted by Gasteiger charge is -2.19. The van der Waals surface area contributed by atoms with Gasteiger partial charge in [0.25, 0.3) is 0 Å². The molecule has 0 bridgehead atoms. The van der Waals surface area contributed by atoms with Gasteiger partial charge in [-0.25, -0.2) is 0 Å². The summed E-state index contributed by atoms with van der Waals surface area (Å²) in [6, 6.07) is 20.9. The van der Waals surface area contributed by atoms with Gasteiger partial charge >= 0.3 is 0 Å². The molecule has 0 unspecified atom stereocenters. The Balaban J connectivity index is 1.88. The van der Waals surface area contributed by atoms with Crippen molar-refractivity contribution >= 4 is 33.0 Å². The molecular formula is C22H12O2S. The first-order valence-electron chi connectivity index (χ1n) is 8.04. The van der Waals surface area contributed by atoms with E-state index in [9.17, 15) is 9.59 Å². The minimum atomic E-state index is -0.0736. The molecule has 0 atom stereocenters. The van der Waals surface area contributed by atoms with Crippen LogP contribution in [0.25, 0.3) is 21.2 Å². The van der Waals surface area contributed by atoms with Crippen LogP contribution in [0.5, 0.6) is 0 Å². The summed E-state index contributed by atoms with van der Waals surface area (Å²) in [6.07, 6.45) is 0. The molecule has 0 N–H and O–H groups in total. The zero-order valence-corrected chi connectivity index (χ0v) is 14.0. The van der Waals surface area contributed by atoms with Crippen LogP contribution < -0.4 is 0 Å². The summed E-state index contributed by atoms with van der Waals surface area (Å²) < 4.78 is 1.05. The van der Waals surface area contributed by atoms with Crippen LogP contribution in [-0.2, 0) is 0 Å². The molecule has 3 heteroatoms. The predicted octanol–water partition coefficient (Wildman–Crippen LogP) is 5.34. The number of carbonyl (C=O) groups excluding carboxylic acids is 2. The molecule has 0 saturated heterocycles. The van der Waals surface area contributed by atoms with Crippen molar-refractivity contribution in [3.8, 4) is 11.1 Å². The van der Waals surface area contributed by atoms with E-state index < -0.39 is 0 Å². The molecule has 0 radical (unpaired) electrons. The number of rotatable bonds is 1. The molecule has 0 saturated carbocycles. The van der Waals surface area contributed by atoms with Gasteiger partial charge in [0.2, 0.25) is 0 Å². The third-order valence-corrected chi connectivity index (χ3v) is 5.66. The molecule has 0 spiro atoms. The van der Waals surface area contributed by atoms with E-state index in [2.05, 4.69) is 0 Å². The molecule has 1 heterocycles. The summed E-state index contributed by atoms with van der Waals surface area (Å²) in [5.74, 6) is -0.135. The van der Waals surface area contributed by atoms with Crippen molar-refractivity contribution in [1.29, 1.82) is 0 Å². The SMILES string of the molecule is O=C1c2ccccc2C(=O)c2c1cc(-c1ccccc1)c1sccc21. The second-order valence-corrected chi connectivity index (χ2v) is 7.00. The minimum absolute atomic E-state index is 0.0618. The highest BCUT2D eigenvalue weighted by molar-refractivity contribution is 7.17. The number of hydrogen-bond donors (Lipinski definition) is 0. The third-order valence-electron chi connectivity index (χ3n) is 4.71. The molecule has 2 nitrogen and oxygen atoms in total. The Morgan fingerprint density at radius 3 is 2.08 bits per heavy atom. The number of benzene rings is 3. The van der Waals surface area contributed by atoms with Gasteiger partial charge in [-0.1, -0.05) is 54.6 Å². The lowest BCUT2D eigenvalue weighted by atomic mass is 9.81. The summed E-state index contributed by atoms with van der Waals surface area (Å²) in [5.41, 5.74) is 4.10. The highest BCUT2D eigenvalue weighted by atomic mass is 32.1. The van der Waals surface area contributed by atoms with Crippen LogP contribution in [0.15, 0.2) is 72.1 Å². The second kappa shape index (κ2) is 5.23. The monoisotopic (exact) mass is 340 g/mol. The Bertz CT molecular complexity index is 1170. The zero-order chi connectivity index (χ0) is 17.0. The summed E-state index contributed by atoms with van der Waals surface area (Å²) >= 11 is 1.60. The molecule has 4 aromatic rings. The number of ketones is 2. The van der Waals surface area contributed by atoms with E-state index in [-0.39, 0.29) is 11.6 Å². The summed E-state index contributed by atoms with van der Waals surface area (Å²) in [7, 11) is 0. The highest BCUT2D eigenvalue weighted by Crippen LogP contribution is 2.40. The van der Waals surface area contributed by atoms with Crippen molar-refractivity contribution in [3.63, 3.8) is 0 Å². The van der Waals surface area contributed by atoms with Crippen molar-refractivity contribution in [3.05, 3.63) is 94.4 Å². The van der Waals surface area contributed by atoms with Gasteiger partial charge in [0.15, 0.2) is 11.6 Å². The predicted molar refractivity (Wildman–Crippen MR) is 101 cm³/mol. The molecule has 0 amide bonds.